The molecule has 1 aromatic rings. The summed E-state index contributed by atoms with van der Waals surface area (Å²) in [6.45, 7) is 4.95. The SMILES string of the molecule is CCOc1ccccc1C(F)(F)C(=O)N1CCN[C@H](C)C1. The van der Waals surface area contributed by atoms with Gasteiger partial charge in [-0.2, -0.15) is 8.78 Å². The number of carbonyl (C=O) groups excluding carboxylic acids is 1. The van der Waals surface area contributed by atoms with E-state index < -0.39 is 11.8 Å². The van der Waals surface area contributed by atoms with Crippen LogP contribution in [0.1, 0.15) is 19.4 Å². The number of rotatable bonds is 4. The molecule has 1 aliphatic rings. The molecule has 0 aliphatic carbocycles. The number of nitrogens with one attached hydrogen (secondary N) is 1. The van der Waals surface area contributed by atoms with Gasteiger partial charge in [-0.05, 0) is 26.0 Å². The van der Waals surface area contributed by atoms with Crippen LogP contribution in [-0.4, -0.2) is 43.1 Å². The highest BCUT2D eigenvalue weighted by Crippen LogP contribution is 2.36. The summed E-state index contributed by atoms with van der Waals surface area (Å²) in [6, 6.07) is 5.82. The molecule has 21 heavy (non-hydrogen) atoms. The Morgan fingerprint density at radius 3 is 2.86 bits per heavy atom. The normalized spacial score (nSPS) is 19.4. The number of alkyl halides is 2. The summed E-state index contributed by atoms with van der Waals surface area (Å²) in [4.78, 5) is 13.4. The van der Waals surface area contributed by atoms with E-state index >= 15 is 0 Å². The molecule has 0 bridgehead atoms. The van der Waals surface area contributed by atoms with Crippen molar-refractivity contribution in [1.29, 1.82) is 0 Å². The number of hydrogen-bond acceptors (Lipinski definition) is 3. The van der Waals surface area contributed by atoms with Gasteiger partial charge in [0.25, 0.3) is 5.91 Å². The molecule has 1 atom stereocenters. The van der Waals surface area contributed by atoms with Gasteiger partial charge in [0.15, 0.2) is 0 Å². The Bertz CT molecular complexity index is 508. The van der Waals surface area contributed by atoms with Gasteiger partial charge in [0.2, 0.25) is 0 Å². The van der Waals surface area contributed by atoms with Crippen molar-refractivity contribution in [2.45, 2.75) is 25.8 Å². The summed E-state index contributed by atoms with van der Waals surface area (Å²) in [5, 5.41) is 3.13. The molecule has 1 amide bonds. The molecule has 116 valence electrons. The second-order valence-corrected chi connectivity index (χ2v) is 5.11. The largest absolute Gasteiger partial charge is 0.493 e. The first kappa shape index (κ1) is 15.7. The minimum absolute atomic E-state index is 0.0145. The second kappa shape index (κ2) is 6.39. The maximum Gasteiger partial charge on any atom is 0.353 e. The summed E-state index contributed by atoms with van der Waals surface area (Å²) >= 11 is 0. The molecule has 0 radical (unpaired) electrons. The van der Waals surface area contributed by atoms with Crippen LogP contribution in [0.25, 0.3) is 0 Å². The first-order valence-corrected chi connectivity index (χ1v) is 7.09. The standard InChI is InChI=1S/C15H20F2N2O2/c1-3-21-13-7-5-4-6-12(13)15(16,17)14(20)19-9-8-18-11(2)10-19/h4-7,11,18H,3,8-10H2,1-2H3/t11-/m1/s1. The lowest BCUT2D eigenvalue weighted by Gasteiger charge is -2.34. The maximum absolute atomic E-state index is 14.6. The van der Waals surface area contributed by atoms with Gasteiger partial charge in [-0.1, -0.05) is 12.1 Å². The average molecular weight is 298 g/mol. The van der Waals surface area contributed by atoms with Crippen molar-refractivity contribution in [3.8, 4) is 5.75 Å². The van der Waals surface area contributed by atoms with Gasteiger partial charge in [0.05, 0.1) is 12.2 Å². The molecule has 1 fully saturated rings. The number of halogens is 2. The lowest BCUT2D eigenvalue weighted by Crippen LogP contribution is -2.54. The molecule has 1 saturated heterocycles. The Morgan fingerprint density at radius 1 is 1.48 bits per heavy atom. The fraction of sp³-hybridized carbons (Fsp3) is 0.533. The first-order chi connectivity index (χ1) is 9.96. The summed E-state index contributed by atoms with van der Waals surface area (Å²) in [5.41, 5.74) is -0.372. The number of piperazine rings is 1. The molecule has 0 aromatic heterocycles. The number of nitrogens with zero attached hydrogens (tertiary/aromatic N) is 1. The van der Waals surface area contributed by atoms with Crippen LogP contribution in [0.15, 0.2) is 24.3 Å². The Kier molecular flexibility index (Phi) is 4.77. The summed E-state index contributed by atoms with van der Waals surface area (Å²) in [5.74, 6) is -4.69. The van der Waals surface area contributed by atoms with Gasteiger partial charge in [0.1, 0.15) is 5.75 Å². The highest BCUT2D eigenvalue weighted by Gasteiger charge is 2.46. The number of hydrogen-bond donors (Lipinski definition) is 1. The highest BCUT2D eigenvalue weighted by molar-refractivity contribution is 5.85. The molecule has 0 unspecified atom stereocenters. The molecular weight excluding hydrogens is 278 g/mol. The van der Waals surface area contributed by atoms with Crippen LogP contribution in [0.3, 0.4) is 0 Å². The number of amides is 1. The van der Waals surface area contributed by atoms with E-state index in [2.05, 4.69) is 5.32 Å². The summed E-state index contributed by atoms with van der Waals surface area (Å²) < 4.78 is 34.3. The monoisotopic (exact) mass is 298 g/mol. The predicted molar refractivity (Wildman–Crippen MR) is 75.5 cm³/mol. The molecule has 1 N–H and O–H groups in total. The molecule has 1 heterocycles. The van der Waals surface area contributed by atoms with Crippen LogP contribution in [0.2, 0.25) is 0 Å². The lowest BCUT2D eigenvalue weighted by molar-refractivity contribution is -0.160. The zero-order chi connectivity index (χ0) is 15.5. The van der Waals surface area contributed by atoms with Crippen LogP contribution in [-0.2, 0) is 10.7 Å². The van der Waals surface area contributed by atoms with Crippen molar-refractivity contribution >= 4 is 5.91 Å². The topological polar surface area (TPSA) is 41.6 Å². The molecule has 4 nitrogen and oxygen atoms in total. The maximum atomic E-state index is 14.6. The van der Waals surface area contributed by atoms with Gasteiger partial charge in [0, 0.05) is 25.7 Å². The van der Waals surface area contributed by atoms with Gasteiger partial charge >= 0.3 is 5.92 Å². The van der Waals surface area contributed by atoms with Crippen LogP contribution in [0.5, 0.6) is 5.75 Å². The third-order valence-corrected chi connectivity index (χ3v) is 3.45. The number of benzene rings is 1. The van der Waals surface area contributed by atoms with Gasteiger partial charge < -0.3 is 15.0 Å². The van der Waals surface area contributed by atoms with Crippen molar-refractivity contribution in [2.24, 2.45) is 0 Å². The quantitative estimate of drug-likeness (QED) is 0.924. The van der Waals surface area contributed by atoms with Crippen molar-refractivity contribution in [3.05, 3.63) is 29.8 Å². The van der Waals surface area contributed by atoms with E-state index in [1.165, 1.54) is 23.1 Å². The second-order valence-electron chi connectivity index (χ2n) is 5.11. The van der Waals surface area contributed by atoms with Crippen LogP contribution in [0.4, 0.5) is 8.78 Å². The molecule has 0 spiro atoms. The van der Waals surface area contributed by atoms with Crippen molar-refractivity contribution in [3.63, 3.8) is 0 Å². The fourth-order valence-corrected chi connectivity index (χ4v) is 2.44. The van der Waals surface area contributed by atoms with Crippen molar-refractivity contribution in [1.82, 2.24) is 10.2 Å². The third kappa shape index (κ3) is 3.32. The zero-order valence-electron chi connectivity index (χ0n) is 12.2. The first-order valence-electron chi connectivity index (χ1n) is 7.09. The predicted octanol–water partition coefficient (Wildman–Crippen LogP) is 2.00. The van der Waals surface area contributed by atoms with Crippen LogP contribution < -0.4 is 10.1 Å². The van der Waals surface area contributed by atoms with E-state index in [4.69, 9.17) is 4.74 Å². The summed E-state index contributed by atoms with van der Waals surface area (Å²) in [6.07, 6.45) is 0. The fourth-order valence-electron chi connectivity index (χ4n) is 2.44. The highest BCUT2D eigenvalue weighted by atomic mass is 19.3. The Hall–Kier alpha value is -1.69. The lowest BCUT2D eigenvalue weighted by atomic mass is 10.0. The van der Waals surface area contributed by atoms with E-state index in [1.54, 1.807) is 13.0 Å². The van der Waals surface area contributed by atoms with E-state index in [9.17, 15) is 13.6 Å². The molecule has 1 aliphatic heterocycles. The van der Waals surface area contributed by atoms with Gasteiger partial charge in [-0.15, -0.1) is 0 Å². The van der Waals surface area contributed by atoms with E-state index in [-0.39, 0.29) is 37.1 Å². The molecule has 2 rings (SSSR count). The number of para-hydroxylation sites is 1. The van der Waals surface area contributed by atoms with Crippen LogP contribution >= 0.6 is 0 Å². The van der Waals surface area contributed by atoms with Crippen molar-refractivity contribution < 1.29 is 18.3 Å². The Morgan fingerprint density at radius 2 is 2.19 bits per heavy atom. The van der Waals surface area contributed by atoms with Gasteiger partial charge in [-0.3, -0.25) is 4.79 Å². The Balaban J connectivity index is 2.26. The third-order valence-electron chi connectivity index (χ3n) is 3.45. The molecule has 6 heteroatoms. The van der Waals surface area contributed by atoms with Crippen molar-refractivity contribution in [2.75, 3.05) is 26.2 Å². The zero-order valence-corrected chi connectivity index (χ0v) is 12.2. The number of ether oxygens (including phenoxy) is 1. The summed E-state index contributed by atoms with van der Waals surface area (Å²) in [7, 11) is 0. The molecule has 0 saturated carbocycles. The van der Waals surface area contributed by atoms with E-state index in [1.807, 2.05) is 6.92 Å². The smallest absolute Gasteiger partial charge is 0.353 e. The van der Waals surface area contributed by atoms with Crippen LogP contribution in [0, 0.1) is 0 Å². The number of carbonyl (C=O) groups is 1. The molecule has 1 aromatic carbocycles. The molecular formula is C15H20F2N2O2. The minimum atomic E-state index is -3.58. The van der Waals surface area contributed by atoms with Gasteiger partial charge in [-0.25, -0.2) is 0 Å². The van der Waals surface area contributed by atoms with E-state index in [0.717, 1.165) is 0 Å². The minimum Gasteiger partial charge on any atom is -0.493 e. The average Bonchev–Trinajstić information content (AvgIpc) is 2.47. The Labute approximate surface area is 123 Å². The van der Waals surface area contributed by atoms with E-state index in [0.29, 0.717) is 6.54 Å².